The highest BCUT2D eigenvalue weighted by atomic mass is 35.5. The number of benzene rings is 1. The van der Waals surface area contributed by atoms with Crippen LogP contribution in [0.2, 0.25) is 0 Å². The molecule has 0 saturated carbocycles. The first-order chi connectivity index (χ1) is 9.67. The Balaban J connectivity index is 2.09. The van der Waals surface area contributed by atoms with Gasteiger partial charge in [-0.3, -0.25) is 0 Å². The summed E-state index contributed by atoms with van der Waals surface area (Å²) >= 11 is 6.01. The fourth-order valence-corrected chi connectivity index (χ4v) is 3.52. The zero-order valence-electron chi connectivity index (χ0n) is 12.1. The van der Waals surface area contributed by atoms with E-state index in [2.05, 4.69) is 49.1 Å². The number of halogens is 1. The normalized spacial score (nSPS) is 23.2. The second kappa shape index (κ2) is 5.61. The molecule has 3 rings (SSSR count). The highest BCUT2D eigenvalue weighted by Gasteiger charge is 2.24. The van der Waals surface area contributed by atoms with Gasteiger partial charge in [-0.2, -0.15) is 0 Å². The van der Waals surface area contributed by atoms with E-state index in [0.29, 0.717) is 5.88 Å². The van der Waals surface area contributed by atoms with Crippen molar-refractivity contribution < 1.29 is 0 Å². The van der Waals surface area contributed by atoms with Gasteiger partial charge in [0.05, 0.1) is 11.6 Å². The largest absolute Gasteiger partial charge is 0.356 e. The number of nitrogens with zero attached hydrogens (tertiary/aromatic N) is 2. The van der Waals surface area contributed by atoms with E-state index >= 15 is 0 Å². The molecule has 0 aliphatic carbocycles. The van der Waals surface area contributed by atoms with Crippen LogP contribution in [0.5, 0.6) is 0 Å². The van der Waals surface area contributed by atoms with Gasteiger partial charge in [-0.15, -0.1) is 11.6 Å². The van der Waals surface area contributed by atoms with Gasteiger partial charge in [0.1, 0.15) is 5.82 Å². The van der Waals surface area contributed by atoms with Crippen LogP contribution >= 0.6 is 11.6 Å². The lowest BCUT2D eigenvalue weighted by Gasteiger charge is -2.36. The third-order valence-corrected chi connectivity index (χ3v) is 4.35. The fraction of sp³-hybridized carbons (Fsp3) is 0.471. The average Bonchev–Trinajstić information content (AvgIpc) is 2.45. The van der Waals surface area contributed by atoms with Gasteiger partial charge in [0.25, 0.3) is 0 Å². The van der Waals surface area contributed by atoms with Crippen molar-refractivity contribution in [3.8, 4) is 0 Å². The lowest BCUT2D eigenvalue weighted by molar-refractivity contribution is 0.356. The van der Waals surface area contributed by atoms with E-state index in [1.165, 1.54) is 17.2 Å². The fourth-order valence-electron chi connectivity index (χ4n) is 3.38. The maximum Gasteiger partial charge on any atom is 0.136 e. The third kappa shape index (κ3) is 2.62. The first-order valence-corrected chi connectivity index (χ1v) is 7.90. The van der Waals surface area contributed by atoms with Gasteiger partial charge in [0, 0.05) is 18.5 Å². The van der Waals surface area contributed by atoms with Crippen LogP contribution in [0.4, 0.5) is 5.82 Å². The van der Waals surface area contributed by atoms with Crippen molar-refractivity contribution in [2.45, 2.75) is 26.1 Å². The second-order valence-corrected chi connectivity index (χ2v) is 6.41. The van der Waals surface area contributed by atoms with Gasteiger partial charge in [-0.1, -0.05) is 38.1 Å². The molecular weight excluding hydrogens is 268 g/mol. The molecule has 2 aromatic rings. The highest BCUT2D eigenvalue weighted by molar-refractivity contribution is 6.17. The number of pyridine rings is 1. The van der Waals surface area contributed by atoms with Gasteiger partial charge >= 0.3 is 0 Å². The lowest BCUT2D eigenvalue weighted by atomic mass is 9.91. The molecule has 1 saturated heterocycles. The van der Waals surface area contributed by atoms with Crippen LogP contribution in [0.25, 0.3) is 10.8 Å². The van der Waals surface area contributed by atoms with E-state index in [4.69, 9.17) is 16.6 Å². The molecule has 1 aliphatic rings. The summed E-state index contributed by atoms with van der Waals surface area (Å²) in [5.74, 6) is 3.02. The van der Waals surface area contributed by atoms with Crippen molar-refractivity contribution in [2.24, 2.45) is 11.8 Å². The molecule has 2 nitrogen and oxygen atoms in total. The Kier molecular flexibility index (Phi) is 3.84. The Morgan fingerprint density at radius 3 is 2.60 bits per heavy atom. The van der Waals surface area contributed by atoms with Crippen molar-refractivity contribution in [3.63, 3.8) is 0 Å². The maximum atomic E-state index is 6.01. The number of rotatable bonds is 2. The number of hydrogen-bond donors (Lipinski definition) is 0. The number of hydrogen-bond acceptors (Lipinski definition) is 2. The van der Waals surface area contributed by atoms with Gasteiger partial charge in [-0.25, -0.2) is 4.98 Å². The monoisotopic (exact) mass is 288 g/mol. The third-order valence-electron chi connectivity index (χ3n) is 4.08. The lowest BCUT2D eigenvalue weighted by Crippen LogP contribution is -2.39. The minimum atomic E-state index is 0.469. The van der Waals surface area contributed by atoms with Crippen molar-refractivity contribution in [1.82, 2.24) is 4.98 Å². The van der Waals surface area contributed by atoms with E-state index in [1.54, 1.807) is 0 Å². The van der Waals surface area contributed by atoms with Crippen molar-refractivity contribution >= 4 is 28.2 Å². The first-order valence-electron chi connectivity index (χ1n) is 7.37. The van der Waals surface area contributed by atoms with Crippen LogP contribution in [-0.2, 0) is 5.88 Å². The van der Waals surface area contributed by atoms with Crippen LogP contribution in [0.15, 0.2) is 30.3 Å². The molecule has 0 N–H and O–H groups in total. The molecule has 1 aromatic heterocycles. The molecule has 106 valence electrons. The summed E-state index contributed by atoms with van der Waals surface area (Å²) in [4.78, 5) is 7.25. The zero-order chi connectivity index (χ0) is 14.1. The van der Waals surface area contributed by atoms with E-state index in [-0.39, 0.29) is 0 Å². The minimum Gasteiger partial charge on any atom is -0.356 e. The van der Waals surface area contributed by atoms with Crippen LogP contribution in [0, 0.1) is 11.8 Å². The van der Waals surface area contributed by atoms with Crippen LogP contribution in [0.1, 0.15) is 26.0 Å². The molecular formula is C17H21ClN2. The summed E-state index contributed by atoms with van der Waals surface area (Å²) in [7, 11) is 0. The maximum absolute atomic E-state index is 6.01. The van der Waals surface area contributed by atoms with Crippen LogP contribution < -0.4 is 4.90 Å². The Labute approximate surface area is 125 Å². The second-order valence-electron chi connectivity index (χ2n) is 6.14. The molecule has 0 bridgehead atoms. The summed E-state index contributed by atoms with van der Waals surface area (Å²) in [5, 5.41) is 2.47. The molecule has 20 heavy (non-hydrogen) atoms. The summed E-state index contributed by atoms with van der Waals surface area (Å²) in [6.07, 6.45) is 1.31. The Morgan fingerprint density at radius 1 is 1.20 bits per heavy atom. The van der Waals surface area contributed by atoms with Gasteiger partial charge in [0.2, 0.25) is 0 Å². The van der Waals surface area contributed by atoms with Crippen LogP contribution in [-0.4, -0.2) is 18.1 Å². The average molecular weight is 289 g/mol. The Morgan fingerprint density at radius 2 is 1.90 bits per heavy atom. The first kappa shape index (κ1) is 13.7. The molecule has 0 spiro atoms. The van der Waals surface area contributed by atoms with E-state index < -0.39 is 0 Å². The Hall–Kier alpha value is -1.28. The quantitative estimate of drug-likeness (QED) is 0.759. The zero-order valence-corrected chi connectivity index (χ0v) is 12.9. The van der Waals surface area contributed by atoms with Crippen molar-refractivity contribution in [3.05, 3.63) is 36.0 Å². The van der Waals surface area contributed by atoms with E-state index in [1.807, 2.05) is 0 Å². The van der Waals surface area contributed by atoms with Crippen LogP contribution in [0.3, 0.4) is 0 Å². The SMILES string of the molecule is CC1CC(C)CN(c2nc(CCl)cc3ccccc23)C1. The predicted octanol–water partition coefficient (Wildman–Crippen LogP) is 4.46. The van der Waals surface area contributed by atoms with Crippen molar-refractivity contribution in [2.75, 3.05) is 18.0 Å². The van der Waals surface area contributed by atoms with Crippen molar-refractivity contribution in [1.29, 1.82) is 0 Å². The molecule has 2 unspecified atom stereocenters. The summed E-state index contributed by atoms with van der Waals surface area (Å²) in [6.45, 7) is 6.84. The van der Waals surface area contributed by atoms with Gasteiger partial charge in [0.15, 0.2) is 0 Å². The molecule has 1 fully saturated rings. The van der Waals surface area contributed by atoms with Gasteiger partial charge in [-0.05, 0) is 29.7 Å². The molecule has 2 atom stereocenters. The topological polar surface area (TPSA) is 16.1 Å². The Bertz CT molecular complexity index is 601. The van der Waals surface area contributed by atoms with Gasteiger partial charge < -0.3 is 4.90 Å². The molecule has 0 amide bonds. The highest BCUT2D eigenvalue weighted by Crippen LogP contribution is 2.31. The van der Waals surface area contributed by atoms with E-state index in [9.17, 15) is 0 Å². The smallest absolute Gasteiger partial charge is 0.136 e. The summed E-state index contributed by atoms with van der Waals surface area (Å²) in [5.41, 5.74) is 0.964. The minimum absolute atomic E-state index is 0.469. The number of alkyl halides is 1. The van der Waals surface area contributed by atoms with E-state index in [0.717, 1.165) is 36.4 Å². The number of fused-ring (bicyclic) bond motifs is 1. The summed E-state index contributed by atoms with van der Waals surface area (Å²) < 4.78 is 0. The number of anilines is 1. The predicted molar refractivity (Wildman–Crippen MR) is 86.5 cm³/mol. The molecule has 2 heterocycles. The standard InChI is InChI=1S/C17H21ClN2/c1-12-7-13(2)11-20(10-12)17-16-6-4-3-5-14(16)8-15(9-18)19-17/h3-6,8,12-13H,7,9-11H2,1-2H3. The number of aromatic nitrogens is 1. The summed E-state index contributed by atoms with van der Waals surface area (Å²) in [6, 6.07) is 10.6. The molecule has 1 aliphatic heterocycles. The molecule has 1 aromatic carbocycles. The molecule has 3 heteroatoms. The molecule has 0 radical (unpaired) electrons. The number of piperidine rings is 1.